The Morgan fingerprint density at radius 1 is 0.652 bits per heavy atom. The third-order valence-corrected chi connectivity index (χ3v) is 6.76. The lowest BCUT2D eigenvalue weighted by Gasteiger charge is -2.29. The topological polar surface area (TPSA) is 0 Å². The van der Waals surface area contributed by atoms with Crippen molar-refractivity contribution >= 4 is 0 Å². The van der Waals surface area contributed by atoms with Crippen molar-refractivity contribution in [2.75, 3.05) is 0 Å². The van der Waals surface area contributed by atoms with E-state index in [1.165, 1.54) is 70.6 Å². The van der Waals surface area contributed by atoms with E-state index in [1.54, 1.807) is 25.7 Å². The Kier molecular flexibility index (Phi) is 9.39. The highest BCUT2D eigenvalue weighted by Crippen LogP contribution is 2.36. The lowest BCUT2D eigenvalue weighted by molar-refractivity contribution is 0.240. The summed E-state index contributed by atoms with van der Waals surface area (Å²) in [6.07, 6.45) is 27.2. The van der Waals surface area contributed by atoms with Crippen LogP contribution in [0.15, 0.2) is 12.2 Å². The van der Waals surface area contributed by atoms with Gasteiger partial charge in [0.15, 0.2) is 0 Å². The molecule has 23 heavy (non-hydrogen) atoms. The molecule has 0 saturated heterocycles. The summed E-state index contributed by atoms with van der Waals surface area (Å²) in [7, 11) is 0. The predicted molar refractivity (Wildman–Crippen MR) is 104 cm³/mol. The maximum absolute atomic E-state index is 2.44. The molecule has 0 heteroatoms. The Labute approximate surface area is 146 Å². The molecule has 134 valence electrons. The van der Waals surface area contributed by atoms with E-state index in [2.05, 4.69) is 26.0 Å². The molecule has 0 nitrogen and oxygen atoms in total. The van der Waals surface area contributed by atoms with Crippen molar-refractivity contribution in [1.82, 2.24) is 0 Å². The molecule has 0 N–H and O–H groups in total. The molecule has 0 spiro atoms. The lowest BCUT2D eigenvalue weighted by Crippen LogP contribution is -2.15. The zero-order valence-corrected chi connectivity index (χ0v) is 16.1. The van der Waals surface area contributed by atoms with E-state index in [-0.39, 0.29) is 0 Å². The van der Waals surface area contributed by atoms with Crippen LogP contribution in [0.3, 0.4) is 0 Å². The molecule has 0 aromatic carbocycles. The first-order valence-corrected chi connectivity index (χ1v) is 10.9. The van der Waals surface area contributed by atoms with Gasteiger partial charge in [-0.25, -0.2) is 0 Å². The molecule has 0 heterocycles. The molecule has 2 aliphatic carbocycles. The second-order valence-corrected chi connectivity index (χ2v) is 8.62. The van der Waals surface area contributed by atoms with Gasteiger partial charge >= 0.3 is 0 Å². The second kappa shape index (κ2) is 11.3. The van der Waals surface area contributed by atoms with Crippen LogP contribution in [-0.2, 0) is 0 Å². The summed E-state index contributed by atoms with van der Waals surface area (Å²) in [6.45, 7) is 4.50. The Morgan fingerprint density at radius 2 is 1.09 bits per heavy atom. The van der Waals surface area contributed by atoms with E-state index in [0.29, 0.717) is 0 Å². The van der Waals surface area contributed by atoms with Crippen molar-refractivity contribution in [2.24, 2.45) is 23.7 Å². The maximum atomic E-state index is 2.44. The number of unbranched alkanes of at least 4 members (excludes halogenated alkanes) is 2. The minimum absolute atomic E-state index is 0.902. The predicted octanol–water partition coefficient (Wildman–Crippen LogP) is 7.93. The van der Waals surface area contributed by atoms with Crippen LogP contribution in [-0.4, -0.2) is 0 Å². The normalized spacial score (nSPS) is 32.4. The molecule has 0 amide bonds. The summed E-state index contributed by atoms with van der Waals surface area (Å²) >= 11 is 0. The van der Waals surface area contributed by atoms with Crippen LogP contribution < -0.4 is 0 Å². The summed E-state index contributed by atoms with van der Waals surface area (Å²) in [6, 6.07) is 0. The van der Waals surface area contributed by atoms with Crippen molar-refractivity contribution in [3.05, 3.63) is 12.2 Å². The van der Waals surface area contributed by atoms with Crippen molar-refractivity contribution in [1.29, 1.82) is 0 Å². The van der Waals surface area contributed by atoms with Crippen molar-refractivity contribution < 1.29 is 0 Å². The highest BCUT2D eigenvalue weighted by atomic mass is 14.3. The fourth-order valence-corrected chi connectivity index (χ4v) is 5.11. The molecule has 0 atom stereocenters. The van der Waals surface area contributed by atoms with Crippen LogP contribution in [0.25, 0.3) is 0 Å². The quantitative estimate of drug-likeness (QED) is 0.299. The van der Waals surface area contributed by atoms with Crippen LogP contribution in [0, 0.1) is 23.7 Å². The number of allylic oxidation sites excluding steroid dienone is 2. The van der Waals surface area contributed by atoms with Gasteiger partial charge in [-0.1, -0.05) is 89.7 Å². The van der Waals surface area contributed by atoms with Crippen LogP contribution in [0.1, 0.15) is 110 Å². The van der Waals surface area contributed by atoms with Crippen LogP contribution in [0.5, 0.6) is 0 Å². The highest BCUT2D eigenvalue weighted by Gasteiger charge is 2.21. The minimum atomic E-state index is 0.902. The van der Waals surface area contributed by atoms with E-state index >= 15 is 0 Å². The zero-order chi connectivity index (χ0) is 16.3. The Morgan fingerprint density at radius 3 is 1.52 bits per heavy atom. The molecule has 0 radical (unpaired) electrons. The van der Waals surface area contributed by atoms with Gasteiger partial charge in [0.25, 0.3) is 0 Å². The molecule has 0 aliphatic heterocycles. The van der Waals surface area contributed by atoms with Crippen LogP contribution in [0.4, 0.5) is 0 Å². The first-order chi connectivity index (χ1) is 11.3. The second-order valence-electron chi connectivity index (χ2n) is 8.62. The van der Waals surface area contributed by atoms with Gasteiger partial charge in [-0.3, -0.25) is 0 Å². The van der Waals surface area contributed by atoms with Gasteiger partial charge in [-0.05, 0) is 56.3 Å². The van der Waals surface area contributed by atoms with E-state index in [1.807, 2.05) is 0 Å². The fourth-order valence-electron chi connectivity index (χ4n) is 5.11. The Balaban J connectivity index is 1.47. The van der Waals surface area contributed by atoms with E-state index in [9.17, 15) is 0 Å². The molecular formula is C23H42. The largest absolute Gasteiger partial charge is 0.0914 e. The molecular weight excluding hydrogens is 276 g/mol. The summed E-state index contributed by atoms with van der Waals surface area (Å²) in [5.41, 5.74) is 0. The molecule has 2 aliphatic rings. The van der Waals surface area contributed by atoms with E-state index < -0.39 is 0 Å². The van der Waals surface area contributed by atoms with Gasteiger partial charge in [0.05, 0.1) is 0 Å². The Hall–Kier alpha value is -0.260. The number of hydrogen-bond donors (Lipinski definition) is 0. The molecule has 0 aromatic rings. The fraction of sp³-hybridized carbons (Fsp3) is 0.913. The van der Waals surface area contributed by atoms with Gasteiger partial charge in [0, 0.05) is 0 Å². The summed E-state index contributed by atoms with van der Waals surface area (Å²) in [5.74, 6) is 4.12. The first kappa shape index (κ1) is 19.1. The van der Waals surface area contributed by atoms with Gasteiger partial charge in [0.1, 0.15) is 0 Å². The maximum Gasteiger partial charge on any atom is -0.0233 e. The van der Waals surface area contributed by atoms with Crippen LogP contribution in [0.2, 0.25) is 0 Å². The van der Waals surface area contributed by atoms with Gasteiger partial charge in [-0.2, -0.15) is 0 Å². The van der Waals surface area contributed by atoms with Gasteiger partial charge < -0.3 is 0 Å². The summed E-state index contributed by atoms with van der Waals surface area (Å²) in [5, 5.41) is 0. The van der Waals surface area contributed by atoms with Crippen molar-refractivity contribution in [2.45, 2.75) is 110 Å². The molecule has 2 saturated carbocycles. The molecule has 0 bridgehead atoms. The van der Waals surface area contributed by atoms with E-state index in [0.717, 1.165) is 23.7 Å². The SMILES string of the molecule is C/C=C/C1CCC(CCCC[C@H]2CC[C@H](CCCC)CC2)CC1. The molecule has 0 unspecified atom stereocenters. The third-order valence-electron chi connectivity index (χ3n) is 6.76. The van der Waals surface area contributed by atoms with E-state index in [4.69, 9.17) is 0 Å². The average Bonchev–Trinajstić information content (AvgIpc) is 2.59. The highest BCUT2D eigenvalue weighted by molar-refractivity contribution is 4.88. The monoisotopic (exact) mass is 318 g/mol. The summed E-state index contributed by atoms with van der Waals surface area (Å²) < 4.78 is 0. The van der Waals surface area contributed by atoms with Crippen LogP contribution >= 0.6 is 0 Å². The van der Waals surface area contributed by atoms with Gasteiger partial charge in [0.2, 0.25) is 0 Å². The smallest absolute Gasteiger partial charge is 0.0233 e. The van der Waals surface area contributed by atoms with Crippen molar-refractivity contribution in [3.63, 3.8) is 0 Å². The first-order valence-electron chi connectivity index (χ1n) is 10.9. The number of hydrogen-bond acceptors (Lipinski definition) is 0. The zero-order valence-electron chi connectivity index (χ0n) is 16.1. The molecule has 2 fully saturated rings. The van der Waals surface area contributed by atoms with Gasteiger partial charge in [-0.15, -0.1) is 0 Å². The molecule has 2 rings (SSSR count). The summed E-state index contributed by atoms with van der Waals surface area (Å²) in [4.78, 5) is 0. The average molecular weight is 319 g/mol. The lowest BCUT2D eigenvalue weighted by atomic mass is 9.77. The Bertz CT molecular complexity index is 300. The van der Waals surface area contributed by atoms with Crippen molar-refractivity contribution in [3.8, 4) is 0 Å². The molecule has 0 aromatic heterocycles. The number of rotatable bonds is 9. The standard InChI is InChI=1S/C23H42/c1-3-5-9-21-16-18-23(19-17-21)11-7-6-10-22-14-12-20(8-4-2)13-15-22/h4,8,20-23H,3,5-7,9-19H2,1-2H3/b8-4+/t20?,21-,22?,23-. The third kappa shape index (κ3) is 7.44. The minimum Gasteiger partial charge on any atom is -0.0914 e.